The van der Waals surface area contributed by atoms with Crippen LogP contribution in [0.4, 0.5) is 0 Å². The van der Waals surface area contributed by atoms with Gasteiger partial charge in [-0.15, -0.1) is 0 Å². The zero-order valence-corrected chi connectivity index (χ0v) is 12.0. The molecule has 0 aliphatic carbocycles. The molecule has 0 radical (unpaired) electrons. The van der Waals surface area contributed by atoms with Crippen molar-refractivity contribution < 1.29 is 0 Å². The third-order valence-electron chi connectivity index (χ3n) is 4.83. The molecule has 3 heterocycles. The molecule has 0 spiro atoms. The number of rotatable bonds is 4. The second-order valence-corrected chi connectivity index (χ2v) is 6.04. The van der Waals surface area contributed by atoms with Gasteiger partial charge in [-0.05, 0) is 51.4 Å². The lowest BCUT2D eigenvalue weighted by atomic mass is 9.96. The maximum absolute atomic E-state index is 4.39. The average Bonchev–Trinajstić information content (AvgIpc) is 3.10. The van der Waals surface area contributed by atoms with E-state index < -0.39 is 0 Å². The van der Waals surface area contributed by atoms with Gasteiger partial charge in [0.2, 0.25) is 0 Å². The number of imidazole rings is 1. The van der Waals surface area contributed by atoms with E-state index in [0.717, 1.165) is 19.0 Å². The maximum Gasteiger partial charge on any atom is 0.0948 e. The predicted molar refractivity (Wildman–Crippen MR) is 77.3 cm³/mol. The van der Waals surface area contributed by atoms with Gasteiger partial charge >= 0.3 is 0 Å². The third kappa shape index (κ3) is 3.00. The Morgan fingerprint density at radius 3 is 2.84 bits per heavy atom. The molecule has 1 aromatic rings. The zero-order valence-electron chi connectivity index (χ0n) is 12.0. The van der Waals surface area contributed by atoms with E-state index in [9.17, 15) is 0 Å². The smallest absolute Gasteiger partial charge is 0.0948 e. The molecule has 0 amide bonds. The van der Waals surface area contributed by atoms with Crippen molar-refractivity contribution in [2.75, 3.05) is 32.7 Å². The van der Waals surface area contributed by atoms with Crippen molar-refractivity contribution in [1.82, 2.24) is 19.8 Å². The molecule has 106 valence electrons. The van der Waals surface area contributed by atoms with E-state index in [-0.39, 0.29) is 0 Å². The Morgan fingerprint density at radius 1 is 1.32 bits per heavy atom. The van der Waals surface area contributed by atoms with Crippen LogP contribution in [0.2, 0.25) is 0 Å². The monoisotopic (exact) mass is 262 g/mol. The molecule has 19 heavy (non-hydrogen) atoms. The molecule has 4 nitrogen and oxygen atoms in total. The minimum atomic E-state index is 0.679. The molecule has 1 aromatic heterocycles. The summed E-state index contributed by atoms with van der Waals surface area (Å²) >= 11 is 0. The van der Waals surface area contributed by atoms with Crippen LogP contribution in [0.5, 0.6) is 0 Å². The lowest BCUT2D eigenvalue weighted by Crippen LogP contribution is -2.34. The van der Waals surface area contributed by atoms with Gasteiger partial charge in [-0.25, -0.2) is 4.98 Å². The maximum atomic E-state index is 4.39. The molecule has 0 aromatic carbocycles. The van der Waals surface area contributed by atoms with E-state index in [1.165, 1.54) is 51.1 Å². The number of likely N-dealkylation sites (tertiary alicyclic amines) is 1. The van der Waals surface area contributed by atoms with Crippen molar-refractivity contribution in [1.29, 1.82) is 0 Å². The van der Waals surface area contributed by atoms with Gasteiger partial charge in [-0.2, -0.15) is 0 Å². The van der Waals surface area contributed by atoms with E-state index >= 15 is 0 Å². The van der Waals surface area contributed by atoms with Crippen LogP contribution in [0.15, 0.2) is 12.5 Å². The van der Waals surface area contributed by atoms with E-state index in [1.807, 2.05) is 6.33 Å². The molecule has 2 aliphatic heterocycles. The molecule has 1 unspecified atom stereocenters. The molecular formula is C15H26N4. The molecule has 2 saturated heterocycles. The highest BCUT2D eigenvalue weighted by Crippen LogP contribution is 2.25. The average molecular weight is 262 g/mol. The molecule has 0 saturated carbocycles. The summed E-state index contributed by atoms with van der Waals surface area (Å²) in [6.45, 7) is 9.47. The van der Waals surface area contributed by atoms with Crippen molar-refractivity contribution in [2.45, 2.75) is 38.6 Å². The fourth-order valence-electron chi connectivity index (χ4n) is 3.49. The summed E-state index contributed by atoms with van der Waals surface area (Å²) in [5, 5.41) is 3.46. The Labute approximate surface area is 116 Å². The molecule has 2 fully saturated rings. The van der Waals surface area contributed by atoms with Crippen molar-refractivity contribution >= 4 is 0 Å². The molecule has 2 aliphatic rings. The minimum Gasteiger partial charge on any atom is -0.334 e. The van der Waals surface area contributed by atoms with Gasteiger partial charge in [0.15, 0.2) is 0 Å². The van der Waals surface area contributed by atoms with Gasteiger partial charge in [0.1, 0.15) is 0 Å². The minimum absolute atomic E-state index is 0.679. The van der Waals surface area contributed by atoms with Crippen LogP contribution < -0.4 is 5.32 Å². The largest absolute Gasteiger partial charge is 0.334 e. The summed E-state index contributed by atoms with van der Waals surface area (Å²) in [5.41, 5.74) is 1.45. The topological polar surface area (TPSA) is 33.1 Å². The first-order valence-corrected chi connectivity index (χ1v) is 7.80. The SMILES string of the molecule is CCN1CCC(Cn2cncc2C2CCNC2)CC1. The summed E-state index contributed by atoms with van der Waals surface area (Å²) in [6.07, 6.45) is 8.07. The molecule has 4 heteroatoms. The number of aromatic nitrogens is 2. The van der Waals surface area contributed by atoms with Crippen molar-refractivity contribution in [3.63, 3.8) is 0 Å². The fourth-order valence-corrected chi connectivity index (χ4v) is 3.49. The summed E-state index contributed by atoms with van der Waals surface area (Å²) in [6, 6.07) is 0. The Kier molecular flexibility index (Phi) is 4.18. The Morgan fingerprint density at radius 2 is 2.16 bits per heavy atom. The normalized spacial score (nSPS) is 26.1. The molecule has 1 N–H and O–H groups in total. The number of nitrogens with one attached hydrogen (secondary N) is 1. The van der Waals surface area contributed by atoms with Crippen molar-refractivity contribution in [3.8, 4) is 0 Å². The van der Waals surface area contributed by atoms with Crippen LogP contribution in [0.3, 0.4) is 0 Å². The summed E-state index contributed by atoms with van der Waals surface area (Å²) in [5.74, 6) is 1.52. The summed E-state index contributed by atoms with van der Waals surface area (Å²) in [7, 11) is 0. The highest BCUT2D eigenvalue weighted by molar-refractivity contribution is 5.09. The van der Waals surface area contributed by atoms with Crippen LogP contribution >= 0.6 is 0 Å². The first-order valence-electron chi connectivity index (χ1n) is 7.80. The quantitative estimate of drug-likeness (QED) is 0.896. The first-order chi connectivity index (χ1) is 9.36. The molecular weight excluding hydrogens is 236 g/mol. The van der Waals surface area contributed by atoms with Gasteiger partial charge < -0.3 is 14.8 Å². The van der Waals surface area contributed by atoms with Gasteiger partial charge in [0, 0.05) is 30.9 Å². The predicted octanol–water partition coefficient (Wildman–Crippen LogP) is 1.69. The number of hydrogen-bond acceptors (Lipinski definition) is 3. The number of hydrogen-bond donors (Lipinski definition) is 1. The van der Waals surface area contributed by atoms with Gasteiger partial charge in [-0.3, -0.25) is 0 Å². The van der Waals surface area contributed by atoms with Crippen LogP contribution in [-0.2, 0) is 6.54 Å². The lowest BCUT2D eigenvalue weighted by Gasteiger charge is -2.31. The zero-order chi connectivity index (χ0) is 13.1. The first kappa shape index (κ1) is 13.1. The van der Waals surface area contributed by atoms with Gasteiger partial charge in [0.05, 0.1) is 6.33 Å². The van der Waals surface area contributed by atoms with Gasteiger partial charge in [0.25, 0.3) is 0 Å². The van der Waals surface area contributed by atoms with Crippen LogP contribution in [0.25, 0.3) is 0 Å². The van der Waals surface area contributed by atoms with Crippen LogP contribution in [-0.4, -0.2) is 47.2 Å². The third-order valence-corrected chi connectivity index (χ3v) is 4.83. The van der Waals surface area contributed by atoms with Crippen LogP contribution in [0, 0.1) is 5.92 Å². The summed E-state index contributed by atoms with van der Waals surface area (Å²) < 4.78 is 2.42. The second kappa shape index (κ2) is 6.06. The van der Waals surface area contributed by atoms with E-state index in [0.29, 0.717) is 5.92 Å². The summed E-state index contributed by atoms with van der Waals surface area (Å²) in [4.78, 5) is 6.95. The highest BCUT2D eigenvalue weighted by atomic mass is 15.1. The van der Waals surface area contributed by atoms with E-state index in [1.54, 1.807) is 0 Å². The Balaban J connectivity index is 1.59. The number of piperidine rings is 1. The number of nitrogens with zero attached hydrogens (tertiary/aromatic N) is 3. The van der Waals surface area contributed by atoms with Crippen molar-refractivity contribution in [3.05, 3.63) is 18.2 Å². The highest BCUT2D eigenvalue weighted by Gasteiger charge is 2.23. The standard InChI is InChI=1S/C15H26N4/c1-2-18-7-4-13(5-8-18)11-19-12-17-10-15(19)14-3-6-16-9-14/h10,12-14,16H,2-9,11H2,1H3. The Bertz CT molecular complexity index is 387. The second-order valence-electron chi connectivity index (χ2n) is 6.04. The molecule has 3 rings (SSSR count). The molecule has 0 bridgehead atoms. The van der Waals surface area contributed by atoms with Crippen LogP contribution in [0.1, 0.15) is 37.8 Å². The van der Waals surface area contributed by atoms with Crippen molar-refractivity contribution in [2.24, 2.45) is 5.92 Å². The van der Waals surface area contributed by atoms with Gasteiger partial charge in [-0.1, -0.05) is 6.92 Å². The fraction of sp³-hybridized carbons (Fsp3) is 0.800. The lowest BCUT2D eigenvalue weighted by molar-refractivity contribution is 0.180. The Hall–Kier alpha value is -0.870. The van der Waals surface area contributed by atoms with E-state index in [4.69, 9.17) is 0 Å². The van der Waals surface area contributed by atoms with E-state index in [2.05, 4.69) is 32.9 Å². The molecule has 1 atom stereocenters.